The molecule has 4 heteroatoms. The third-order valence-electron chi connectivity index (χ3n) is 2.20. The second-order valence-corrected chi connectivity index (χ2v) is 3.41. The van der Waals surface area contributed by atoms with E-state index in [0.29, 0.717) is 11.3 Å². The zero-order valence-corrected chi connectivity index (χ0v) is 8.97. The van der Waals surface area contributed by atoms with Gasteiger partial charge in [0.05, 0.1) is 11.9 Å². The van der Waals surface area contributed by atoms with Crippen LogP contribution in [0.25, 0.3) is 0 Å². The van der Waals surface area contributed by atoms with E-state index in [2.05, 4.69) is 10.5 Å². The van der Waals surface area contributed by atoms with Crippen LogP contribution in [0, 0.1) is 5.82 Å². The van der Waals surface area contributed by atoms with Crippen molar-refractivity contribution in [3.63, 3.8) is 0 Å². The minimum Gasteiger partial charge on any atom is -0.506 e. The summed E-state index contributed by atoms with van der Waals surface area (Å²) < 4.78 is 13.2. The maximum atomic E-state index is 13.2. The van der Waals surface area contributed by atoms with Crippen molar-refractivity contribution in [1.29, 1.82) is 0 Å². The molecule has 3 nitrogen and oxygen atoms in total. The van der Waals surface area contributed by atoms with Crippen LogP contribution in [0.1, 0.15) is 5.56 Å². The normalized spacial score (nSPS) is 10.6. The first-order valence-electron chi connectivity index (χ1n) is 5.09. The van der Waals surface area contributed by atoms with Crippen LogP contribution < -0.4 is 5.43 Å². The molecule has 0 spiro atoms. The molecule has 86 valence electrons. The van der Waals surface area contributed by atoms with Gasteiger partial charge in [0.2, 0.25) is 0 Å². The fourth-order valence-electron chi connectivity index (χ4n) is 1.32. The third-order valence-corrected chi connectivity index (χ3v) is 2.20. The molecule has 0 radical (unpaired) electrons. The molecule has 0 fully saturated rings. The quantitative estimate of drug-likeness (QED) is 0.483. The number of phenols is 1. The largest absolute Gasteiger partial charge is 0.506 e. The van der Waals surface area contributed by atoms with Gasteiger partial charge in [-0.25, -0.2) is 4.39 Å². The van der Waals surface area contributed by atoms with Crippen molar-refractivity contribution < 1.29 is 9.50 Å². The average molecular weight is 230 g/mol. The van der Waals surface area contributed by atoms with Crippen molar-refractivity contribution >= 4 is 11.9 Å². The van der Waals surface area contributed by atoms with Gasteiger partial charge >= 0.3 is 0 Å². The van der Waals surface area contributed by atoms with Crippen molar-refractivity contribution in [2.45, 2.75) is 0 Å². The molecule has 0 heterocycles. The van der Waals surface area contributed by atoms with Gasteiger partial charge in [0.15, 0.2) is 0 Å². The number of halogens is 1. The molecule has 0 bridgehead atoms. The van der Waals surface area contributed by atoms with Gasteiger partial charge in [0.1, 0.15) is 11.6 Å². The molecule has 0 saturated carbocycles. The van der Waals surface area contributed by atoms with E-state index in [9.17, 15) is 9.50 Å². The lowest BCUT2D eigenvalue weighted by atomic mass is 10.2. The van der Waals surface area contributed by atoms with Crippen LogP contribution in [0.3, 0.4) is 0 Å². The molecule has 2 rings (SSSR count). The average Bonchev–Trinajstić information content (AvgIpc) is 2.34. The molecule has 0 aliphatic carbocycles. The van der Waals surface area contributed by atoms with Crippen LogP contribution in [-0.2, 0) is 0 Å². The minimum atomic E-state index is -0.338. The molecule has 0 aliphatic heterocycles. The summed E-state index contributed by atoms with van der Waals surface area (Å²) in [4.78, 5) is 0. The molecular weight excluding hydrogens is 219 g/mol. The first-order valence-corrected chi connectivity index (χ1v) is 5.09. The van der Waals surface area contributed by atoms with E-state index in [4.69, 9.17) is 0 Å². The monoisotopic (exact) mass is 230 g/mol. The number of hydrazone groups is 1. The third kappa shape index (κ3) is 2.81. The van der Waals surface area contributed by atoms with E-state index < -0.39 is 0 Å². The van der Waals surface area contributed by atoms with Crippen molar-refractivity contribution in [3.05, 3.63) is 59.9 Å². The van der Waals surface area contributed by atoms with E-state index >= 15 is 0 Å². The number of hydrogen-bond donors (Lipinski definition) is 2. The molecule has 0 unspecified atom stereocenters. The zero-order valence-electron chi connectivity index (χ0n) is 8.97. The standard InChI is InChI=1S/C13H11FN2O/c14-11-6-2-1-5-10(11)9-15-16-12-7-3-4-8-13(12)17/h1-9,16-17H/b15-9+. The fraction of sp³-hybridized carbons (Fsp3) is 0. The summed E-state index contributed by atoms with van der Waals surface area (Å²) in [6.07, 6.45) is 1.36. The summed E-state index contributed by atoms with van der Waals surface area (Å²) in [5.74, 6) is -0.242. The van der Waals surface area contributed by atoms with E-state index in [1.807, 2.05) is 0 Å². The molecule has 0 aliphatic rings. The van der Waals surface area contributed by atoms with Gasteiger partial charge in [-0.3, -0.25) is 5.43 Å². The SMILES string of the molecule is Oc1ccccc1N/N=C/c1ccccc1F. The predicted octanol–water partition coefficient (Wildman–Crippen LogP) is 2.98. The molecule has 2 N–H and O–H groups in total. The van der Waals surface area contributed by atoms with E-state index in [0.717, 1.165) is 0 Å². The summed E-state index contributed by atoms with van der Waals surface area (Å²) in [6.45, 7) is 0. The first kappa shape index (κ1) is 11.1. The Morgan fingerprint density at radius 3 is 2.53 bits per heavy atom. The Kier molecular flexibility index (Phi) is 3.35. The summed E-state index contributed by atoms with van der Waals surface area (Å²) in [6, 6.07) is 13.0. The molecule has 17 heavy (non-hydrogen) atoms. The molecule has 2 aromatic rings. The lowest BCUT2D eigenvalue weighted by molar-refractivity contribution is 0.477. The van der Waals surface area contributed by atoms with E-state index in [1.165, 1.54) is 12.3 Å². The molecule has 0 atom stereocenters. The van der Waals surface area contributed by atoms with Crippen LogP contribution in [-0.4, -0.2) is 11.3 Å². The number of phenolic OH excluding ortho intramolecular Hbond substituents is 1. The van der Waals surface area contributed by atoms with Gasteiger partial charge < -0.3 is 5.11 Å². The van der Waals surface area contributed by atoms with Gasteiger partial charge in [-0.1, -0.05) is 30.3 Å². The Morgan fingerprint density at radius 2 is 1.76 bits per heavy atom. The number of aromatic hydroxyl groups is 1. The number of nitrogens with one attached hydrogen (secondary N) is 1. The number of anilines is 1. The van der Waals surface area contributed by atoms with Gasteiger partial charge in [0, 0.05) is 5.56 Å². The van der Waals surface area contributed by atoms with Crippen LogP contribution in [0.2, 0.25) is 0 Å². The van der Waals surface area contributed by atoms with Crippen molar-refractivity contribution in [2.75, 3.05) is 5.43 Å². The van der Waals surface area contributed by atoms with Crippen molar-refractivity contribution in [1.82, 2.24) is 0 Å². The van der Waals surface area contributed by atoms with Crippen molar-refractivity contribution in [3.8, 4) is 5.75 Å². The number of para-hydroxylation sites is 2. The Morgan fingerprint density at radius 1 is 1.06 bits per heavy atom. The van der Waals surface area contributed by atoms with Gasteiger partial charge in [0.25, 0.3) is 0 Å². The zero-order chi connectivity index (χ0) is 12.1. The summed E-state index contributed by atoms with van der Waals surface area (Å²) in [5, 5.41) is 13.3. The van der Waals surface area contributed by atoms with Crippen molar-refractivity contribution in [2.24, 2.45) is 5.10 Å². The Hall–Kier alpha value is -2.36. The molecule has 0 amide bonds. The highest BCUT2D eigenvalue weighted by atomic mass is 19.1. The highest BCUT2D eigenvalue weighted by molar-refractivity contribution is 5.80. The predicted molar refractivity (Wildman–Crippen MR) is 65.7 cm³/mol. The van der Waals surface area contributed by atoms with Crippen LogP contribution in [0.4, 0.5) is 10.1 Å². The molecule has 0 saturated heterocycles. The van der Waals surface area contributed by atoms with E-state index in [1.54, 1.807) is 42.5 Å². The number of rotatable bonds is 3. The second-order valence-electron chi connectivity index (χ2n) is 3.41. The highest BCUT2D eigenvalue weighted by Gasteiger charge is 1.97. The molecular formula is C13H11FN2O. The summed E-state index contributed by atoms with van der Waals surface area (Å²) in [7, 11) is 0. The maximum absolute atomic E-state index is 13.2. The second kappa shape index (κ2) is 5.12. The van der Waals surface area contributed by atoms with Crippen LogP contribution in [0.5, 0.6) is 5.75 Å². The fourth-order valence-corrected chi connectivity index (χ4v) is 1.32. The summed E-state index contributed by atoms with van der Waals surface area (Å²) in [5.41, 5.74) is 3.50. The van der Waals surface area contributed by atoms with Crippen LogP contribution in [0.15, 0.2) is 53.6 Å². The van der Waals surface area contributed by atoms with Gasteiger partial charge in [-0.05, 0) is 18.2 Å². The van der Waals surface area contributed by atoms with Crippen LogP contribution >= 0.6 is 0 Å². The topological polar surface area (TPSA) is 44.6 Å². The Labute approximate surface area is 98.2 Å². The Bertz CT molecular complexity index is 540. The van der Waals surface area contributed by atoms with Gasteiger partial charge in [-0.15, -0.1) is 0 Å². The number of hydrogen-bond acceptors (Lipinski definition) is 3. The van der Waals surface area contributed by atoms with E-state index in [-0.39, 0.29) is 11.6 Å². The lowest BCUT2D eigenvalue weighted by Gasteiger charge is -2.02. The lowest BCUT2D eigenvalue weighted by Crippen LogP contribution is -1.92. The highest BCUT2D eigenvalue weighted by Crippen LogP contribution is 2.21. The maximum Gasteiger partial charge on any atom is 0.140 e. The smallest absolute Gasteiger partial charge is 0.140 e. The number of benzene rings is 2. The molecule has 2 aromatic carbocycles. The first-order chi connectivity index (χ1) is 8.27. The van der Waals surface area contributed by atoms with Gasteiger partial charge in [-0.2, -0.15) is 5.10 Å². The molecule has 0 aromatic heterocycles. The Balaban J connectivity index is 2.09. The summed E-state index contributed by atoms with van der Waals surface area (Å²) >= 11 is 0. The minimum absolute atomic E-state index is 0.0955. The number of nitrogens with zero attached hydrogens (tertiary/aromatic N) is 1.